The average Bonchev–Trinajstić information content (AvgIpc) is 3.33. The van der Waals surface area contributed by atoms with Crippen LogP contribution in [0.5, 0.6) is 0 Å². The molecule has 6 rings (SSSR count). The van der Waals surface area contributed by atoms with Crippen LogP contribution in [0.3, 0.4) is 0 Å². The lowest BCUT2D eigenvalue weighted by atomic mass is 10.0. The summed E-state index contributed by atoms with van der Waals surface area (Å²) in [4.78, 5) is 53.7. The van der Waals surface area contributed by atoms with E-state index in [0.717, 1.165) is 21.2 Å². The predicted molar refractivity (Wildman–Crippen MR) is 196 cm³/mol. The van der Waals surface area contributed by atoms with Crippen molar-refractivity contribution in [1.29, 1.82) is 0 Å². The minimum atomic E-state index is -0.508. The summed E-state index contributed by atoms with van der Waals surface area (Å²) in [5.41, 5.74) is 2.98. The third kappa shape index (κ3) is 7.55. The maximum atomic E-state index is 13.7. The first-order chi connectivity index (χ1) is 23.8. The molecule has 9 nitrogen and oxygen atoms in total. The summed E-state index contributed by atoms with van der Waals surface area (Å²) >= 11 is 1.27. The quantitative estimate of drug-likeness (QED) is 0.110. The van der Waals surface area contributed by atoms with Gasteiger partial charge in [0.25, 0.3) is 17.4 Å². The van der Waals surface area contributed by atoms with E-state index in [2.05, 4.69) is 16.0 Å². The summed E-state index contributed by atoms with van der Waals surface area (Å²) in [5, 5.41) is 10.4. The summed E-state index contributed by atoms with van der Waals surface area (Å²) < 4.78 is 3.22. The Balaban J connectivity index is 1.17. The van der Waals surface area contributed by atoms with Crippen molar-refractivity contribution in [3.05, 3.63) is 160 Å². The molecule has 0 aliphatic rings. The summed E-state index contributed by atoms with van der Waals surface area (Å²) in [6.07, 6.45) is 1.67. The molecule has 10 heteroatoms. The van der Waals surface area contributed by atoms with Crippen molar-refractivity contribution >= 4 is 57.7 Å². The van der Waals surface area contributed by atoms with Gasteiger partial charge in [0.1, 0.15) is 11.4 Å². The minimum Gasteiger partial charge on any atom is -0.321 e. The predicted octanol–water partition coefficient (Wildman–Crippen LogP) is 6.78. The molecule has 0 saturated heterocycles. The molecule has 0 spiro atoms. The number of nitrogens with one attached hydrogen (secondary N) is 3. The molecular weight excluding hydrogens is 635 g/mol. The van der Waals surface area contributed by atoms with Gasteiger partial charge in [-0.25, -0.2) is 4.68 Å². The molecule has 244 valence electrons. The number of carbonyl (C=O) groups is 3. The van der Waals surface area contributed by atoms with E-state index in [0.29, 0.717) is 22.6 Å². The highest BCUT2D eigenvalue weighted by Gasteiger charge is 2.19. The monoisotopic (exact) mass is 667 g/mol. The molecule has 0 saturated carbocycles. The third-order valence-corrected chi connectivity index (χ3v) is 8.93. The average molecular weight is 668 g/mol. The summed E-state index contributed by atoms with van der Waals surface area (Å²) in [7, 11) is 1.77. The van der Waals surface area contributed by atoms with Gasteiger partial charge in [-0.05, 0) is 71.8 Å². The van der Waals surface area contributed by atoms with Gasteiger partial charge in [-0.2, -0.15) is 0 Å². The number of aromatic nitrogens is 2. The van der Waals surface area contributed by atoms with E-state index in [1.807, 2.05) is 84.9 Å². The van der Waals surface area contributed by atoms with Crippen molar-refractivity contribution < 1.29 is 14.4 Å². The van der Waals surface area contributed by atoms with Crippen molar-refractivity contribution in [2.24, 2.45) is 7.05 Å². The van der Waals surface area contributed by atoms with Crippen LogP contribution < -0.4 is 21.5 Å². The Morgan fingerprint density at radius 1 is 0.776 bits per heavy atom. The molecule has 0 radical (unpaired) electrons. The lowest BCUT2D eigenvalue weighted by Crippen LogP contribution is -2.30. The molecule has 0 fully saturated rings. The van der Waals surface area contributed by atoms with Crippen molar-refractivity contribution in [1.82, 2.24) is 14.7 Å². The number of thioether (sulfide) groups is 1. The zero-order chi connectivity index (χ0) is 34.3. The first-order valence-corrected chi connectivity index (χ1v) is 16.5. The number of carbonyl (C=O) groups excluding carboxylic acids is 3. The number of nitrogens with zero attached hydrogens (tertiary/aromatic N) is 2. The second-order valence-corrected chi connectivity index (χ2v) is 12.3. The molecule has 3 N–H and O–H groups in total. The van der Waals surface area contributed by atoms with Crippen LogP contribution in [-0.4, -0.2) is 32.8 Å². The molecule has 0 atom stereocenters. The molecular formula is C39H33N5O4S. The Bertz CT molecular complexity index is 2250. The van der Waals surface area contributed by atoms with Crippen molar-refractivity contribution in [3.63, 3.8) is 0 Å². The normalized spacial score (nSPS) is 11.3. The van der Waals surface area contributed by atoms with E-state index in [-0.39, 0.29) is 28.6 Å². The number of hydrogen-bond acceptors (Lipinski definition) is 5. The second kappa shape index (κ2) is 14.7. The molecule has 5 aromatic carbocycles. The number of anilines is 2. The van der Waals surface area contributed by atoms with Gasteiger partial charge < -0.3 is 16.0 Å². The number of benzene rings is 5. The largest absolute Gasteiger partial charge is 0.321 e. The van der Waals surface area contributed by atoms with Gasteiger partial charge in [0.2, 0.25) is 5.91 Å². The van der Waals surface area contributed by atoms with Crippen LogP contribution in [0.15, 0.2) is 143 Å². The van der Waals surface area contributed by atoms with Crippen LogP contribution in [0.2, 0.25) is 0 Å². The van der Waals surface area contributed by atoms with Gasteiger partial charge >= 0.3 is 0 Å². The van der Waals surface area contributed by atoms with E-state index in [9.17, 15) is 19.2 Å². The highest BCUT2D eigenvalue weighted by molar-refractivity contribution is 8.00. The Labute approximate surface area is 287 Å². The molecule has 0 bridgehead atoms. The second-order valence-electron chi connectivity index (χ2n) is 11.2. The Morgan fingerprint density at radius 3 is 2.22 bits per heavy atom. The van der Waals surface area contributed by atoms with Crippen LogP contribution in [0.25, 0.3) is 22.5 Å². The van der Waals surface area contributed by atoms with E-state index in [4.69, 9.17) is 0 Å². The molecule has 3 amide bonds. The molecule has 1 heterocycles. The van der Waals surface area contributed by atoms with Crippen molar-refractivity contribution in [2.75, 3.05) is 16.4 Å². The number of hydrogen-bond donors (Lipinski definition) is 3. The fourth-order valence-corrected chi connectivity index (χ4v) is 6.13. The van der Waals surface area contributed by atoms with Gasteiger partial charge in [0, 0.05) is 23.2 Å². The lowest BCUT2D eigenvalue weighted by molar-refractivity contribution is -0.114. The molecule has 0 aliphatic heterocycles. The van der Waals surface area contributed by atoms with Gasteiger partial charge in [-0.15, -0.1) is 11.8 Å². The van der Waals surface area contributed by atoms with Gasteiger partial charge in [0.15, 0.2) is 0 Å². The highest BCUT2D eigenvalue weighted by Crippen LogP contribution is 2.24. The molecule has 6 aromatic rings. The lowest BCUT2D eigenvalue weighted by Gasteiger charge is -2.13. The van der Waals surface area contributed by atoms with E-state index < -0.39 is 11.8 Å². The van der Waals surface area contributed by atoms with E-state index in [1.165, 1.54) is 16.4 Å². The minimum absolute atomic E-state index is 0.0376. The van der Waals surface area contributed by atoms with Gasteiger partial charge in [-0.1, -0.05) is 84.9 Å². The highest BCUT2D eigenvalue weighted by atomic mass is 32.2. The molecule has 0 aliphatic carbocycles. The van der Waals surface area contributed by atoms with Gasteiger partial charge in [-0.3, -0.25) is 23.9 Å². The first-order valence-electron chi connectivity index (χ1n) is 15.5. The zero-order valence-corrected chi connectivity index (χ0v) is 27.7. The third-order valence-electron chi connectivity index (χ3n) is 7.93. The number of fused-ring (bicyclic) bond motifs is 1. The van der Waals surface area contributed by atoms with Crippen molar-refractivity contribution in [3.8, 4) is 5.69 Å². The van der Waals surface area contributed by atoms with E-state index in [1.54, 1.807) is 67.2 Å². The van der Waals surface area contributed by atoms with Crippen LogP contribution in [0.4, 0.5) is 11.4 Å². The topological polar surface area (TPSA) is 114 Å². The Morgan fingerprint density at radius 2 is 1.45 bits per heavy atom. The smallest absolute Gasteiger partial charge is 0.295 e. The standard InChI is InChI=1S/C39H33N5O4S/c1-26-36(39(48)44(43(26)2)31-19-7-4-8-20-31)42-35(45)25-49-32-21-12-18-30(24-32)40-38(47)34(41-37(46)28-14-5-3-6-15-28)23-29-17-11-16-27-13-9-10-22-33(27)29/h3-24H,25H2,1-2H3,(H,40,47)(H,41,46)(H,42,45)/b34-23+. The fourth-order valence-electron chi connectivity index (χ4n) is 5.37. The van der Waals surface area contributed by atoms with Crippen LogP contribution >= 0.6 is 11.8 Å². The molecule has 49 heavy (non-hydrogen) atoms. The van der Waals surface area contributed by atoms with Crippen LogP contribution in [-0.2, 0) is 16.6 Å². The summed E-state index contributed by atoms with van der Waals surface area (Å²) in [5.74, 6) is -1.22. The maximum absolute atomic E-state index is 13.7. The zero-order valence-electron chi connectivity index (χ0n) is 26.8. The summed E-state index contributed by atoms with van der Waals surface area (Å²) in [6.45, 7) is 1.78. The van der Waals surface area contributed by atoms with Crippen molar-refractivity contribution in [2.45, 2.75) is 11.8 Å². The number of amides is 3. The Hall–Kier alpha value is -6.13. The Kier molecular flexibility index (Phi) is 9.87. The van der Waals surface area contributed by atoms with Crippen LogP contribution in [0.1, 0.15) is 21.6 Å². The number of para-hydroxylation sites is 1. The first kappa shape index (κ1) is 32.8. The number of rotatable bonds is 10. The maximum Gasteiger partial charge on any atom is 0.295 e. The van der Waals surface area contributed by atoms with E-state index >= 15 is 0 Å². The molecule has 1 aromatic heterocycles. The fraction of sp³-hybridized carbons (Fsp3) is 0.0769. The SMILES string of the molecule is Cc1c(NC(=O)CSc2cccc(NC(=O)/C(=C\c3cccc4ccccc34)NC(=O)c3ccccc3)c2)c(=O)n(-c2ccccc2)n1C. The summed E-state index contributed by atoms with van der Waals surface area (Å²) in [6, 6.07) is 38.6. The van der Waals surface area contributed by atoms with Crippen LogP contribution in [0, 0.1) is 6.92 Å². The van der Waals surface area contributed by atoms with Gasteiger partial charge in [0.05, 0.1) is 17.1 Å². The molecule has 0 unspecified atom stereocenters.